The molecular weight excluding hydrogens is 601 g/mol. The fourth-order valence-electron chi connectivity index (χ4n) is 6.22. The van der Waals surface area contributed by atoms with Gasteiger partial charge in [0.2, 0.25) is 5.89 Å². The number of oxazole rings is 1. The number of benzene rings is 7. The van der Waals surface area contributed by atoms with E-state index in [4.69, 9.17) is 24.4 Å². The minimum absolute atomic E-state index is 0.615. The SMILES string of the molecule is c1ccc(-c2ccc(-c3nc(-c4ccccc4)nc(-c4cccc(-c5ccc6ccc7nc(-c8ccccc8)oc7c6c5)c4)n3)cc2)cc1. The van der Waals surface area contributed by atoms with E-state index in [9.17, 15) is 0 Å². The maximum absolute atomic E-state index is 6.36. The van der Waals surface area contributed by atoms with E-state index in [2.05, 4.69) is 97.1 Å². The van der Waals surface area contributed by atoms with Crippen molar-refractivity contribution in [3.05, 3.63) is 170 Å². The molecule has 0 aliphatic carbocycles. The summed E-state index contributed by atoms with van der Waals surface area (Å²) < 4.78 is 6.36. The monoisotopic (exact) mass is 628 g/mol. The maximum atomic E-state index is 6.36. The highest BCUT2D eigenvalue weighted by Crippen LogP contribution is 2.34. The molecule has 0 unspecified atom stereocenters. The summed E-state index contributed by atoms with van der Waals surface area (Å²) in [5, 5.41) is 2.11. The molecular formula is C44H28N4O. The number of hydrogen-bond donors (Lipinski definition) is 0. The zero-order valence-corrected chi connectivity index (χ0v) is 26.4. The van der Waals surface area contributed by atoms with Crippen LogP contribution in [0.15, 0.2) is 174 Å². The third kappa shape index (κ3) is 5.53. The van der Waals surface area contributed by atoms with Crippen LogP contribution in [-0.2, 0) is 0 Å². The Kier molecular flexibility index (Phi) is 7.06. The molecule has 9 aromatic rings. The van der Waals surface area contributed by atoms with Gasteiger partial charge in [0, 0.05) is 27.6 Å². The van der Waals surface area contributed by atoms with Gasteiger partial charge in [-0.2, -0.15) is 0 Å². The molecule has 2 heterocycles. The van der Waals surface area contributed by atoms with Crippen molar-refractivity contribution in [2.75, 3.05) is 0 Å². The first-order valence-corrected chi connectivity index (χ1v) is 16.2. The van der Waals surface area contributed by atoms with Crippen LogP contribution in [-0.4, -0.2) is 19.9 Å². The molecule has 5 heteroatoms. The van der Waals surface area contributed by atoms with Crippen molar-refractivity contribution in [3.8, 4) is 67.9 Å². The normalized spacial score (nSPS) is 11.3. The largest absolute Gasteiger partial charge is 0.435 e. The Morgan fingerprint density at radius 2 is 0.796 bits per heavy atom. The van der Waals surface area contributed by atoms with Gasteiger partial charge in [-0.15, -0.1) is 0 Å². The Labute approximate surface area is 283 Å². The lowest BCUT2D eigenvalue weighted by molar-refractivity contribution is 0.623. The molecule has 0 radical (unpaired) electrons. The van der Waals surface area contributed by atoms with Crippen molar-refractivity contribution in [3.63, 3.8) is 0 Å². The van der Waals surface area contributed by atoms with Gasteiger partial charge < -0.3 is 4.42 Å². The van der Waals surface area contributed by atoms with Crippen LogP contribution in [0, 0.1) is 0 Å². The quantitative estimate of drug-likeness (QED) is 0.183. The third-order valence-corrected chi connectivity index (χ3v) is 8.76. The van der Waals surface area contributed by atoms with Gasteiger partial charge in [-0.05, 0) is 58.0 Å². The zero-order valence-electron chi connectivity index (χ0n) is 26.4. The van der Waals surface area contributed by atoms with Gasteiger partial charge in [-0.1, -0.05) is 140 Å². The van der Waals surface area contributed by atoms with Crippen molar-refractivity contribution in [2.24, 2.45) is 0 Å². The van der Waals surface area contributed by atoms with Gasteiger partial charge in [0.05, 0.1) is 0 Å². The van der Waals surface area contributed by atoms with E-state index in [-0.39, 0.29) is 0 Å². The van der Waals surface area contributed by atoms with Crippen LogP contribution in [0.1, 0.15) is 0 Å². The molecule has 49 heavy (non-hydrogen) atoms. The van der Waals surface area contributed by atoms with E-state index in [1.165, 1.54) is 5.56 Å². The Hall–Kier alpha value is -6.72. The predicted molar refractivity (Wildman–Crippen MR) is 198 cm³/mol. The van der Waals surface area contributed by atoms with Gasteiger partial charge in [-0.3, -0.25) is 0 Å². The van der Waals surface area contributed by atoms with Crippen LogP contribution in [0.2, 0.25) is 0 Å². The number of rotatable bonds is 6. The highest BCUT2D eigenvalue weighted by Gasteiger charge is 2.15. The first-order chi connectivity index (χ1) is 24.2. The Morgan fingerprint density at radius 1 is 0.327 bits per heavy atom. The summed E-state index contributed by atoms with van der Waals surface area (Å²) >= 11 is 0. The highest BCUT2D eigenvalue weighted by molar-refractivity contribution is 6.05. The van der Waals surface area contributed by atoms with Crippen LogP contribution in [0.5, 0.6) is 0 Å². The molecule has 0 aliphatic rings. The van der Waals surface area contributed by atoms with Crippen LogP contribution < -0.4 is 0 Å². The average Bonchev–Trinajstić information content (AvgIpc) is 3.64. The molecule has 2 aromatic heterocycles. The number of hydrogen-bond acceptors (Lipinski definition) is 5. The molecule has 0 N–H and O–H groups in total. The first-order valence-electron chi connectivity index (χ1n) is 16.2. The number of nitrogens with zero attached hydrogens (tertiary/aromatic N) is 4. The lowest BCUT2D eigenvalue weighted by Gasteiger charge is -2.10. The van der Waals surface area contributed by atoms with E-state index in [1.807, 2.05) is 72.8 Å². The maximum Gasteiger partial charge on any atom is 0.227 e. The minimum Gasteiger partial charge on any atom is -0.435 e. The van der Waals surface area contributed by atoms with E-state index in [1.54, 1.807) is 0 Å². The van der Waals surface area contributed by atoms with Gasteiger partial charge in [0.25, 0.3) is 0 Å². The molecule has 5 nitrogen and oxygen atoms in total. The highest BCUT2D eigenvalue weighted by atomic mass is 16.3. The van der Waals surface area contributed by atoms with Gasteiger partial charge in [0.15, 0.2) is 23.1 Å². The summed E-state index contributed by atoms with van der Waals surface area (Å²) in [5.74, 6) is 2.49. The molecule has 230 valence electrons. The number of fused-ring (bicyclic) bond motifs is 3. The lowest BCUT2D eigenvalue weighted by Crippen LogP contribution is -2.00. The Balaban J connectivity index is 1.12. The smallest absolute Gasteiger partial charge is 0.227 e. The minimum atomic E-state index is 0.615. The summed E-state index contributed by atoms with van der Waals surface area (Å²) in [6.07, 6.45) is 0. The van der Waals surface area contributed by atoms with E-state index >= 15 is 0 Å². The topological polar surface area (TPSA) is 64.7 Å². The molecule has 0 aliphatic heterocycles. The first kappa shape index (κ1) is 28.5. The summed E-state index contributed by atoms with van der Waals surface area (Å²) in [4.78, 5) is 19.7. The second-order valence-electron chi connectivity index (χ2n) is 11.9. The van der Waals surface area contributed by atoms with Crippen molar-refractivity contribution < 1.29 is 4.42 Å². The Bertz CT molecular complexity index is 2580. The molecule has 0 fully saturated rings. The Morgan fingerprint density at radius 3 is 1.49 bits per heavy atom. The van der Waals surface area contributed by atoms with Crippen molar-refractivity contribution >= 4 is 21.9 Å². The zero-order chi connectivity index (χ0) is 32.6. The second kappa shape index (κ2) is 12.1. The predicted octanol–water partition coefficient (Wildman–Crippen LogP) is 11.2. The van der Waals surface area contributed by atoms with Crippen molar-refractivity contribution in [1.82, 2.24) is 19.9 Å². The fraction of sp³-hybridized carbons (Fsp3) is 0. The van der Waals surface area contributed by atoms with Gasteiger partial charge in [0.1, 0.15) is 5.52 Å². The van der Waals surface area contributed by atoms with Gasteiger partial charge >= 0.3 is 0 Å². The van der Waals surface area contributed by atoms with Crippen LogP contribution in [0.4, 0.5) is 0 Å². The number of aromatic nitrogens is 4. The molecule has 9 rings (SSSR count). The third-order valence-electron chi connectivity index (χ3n) is 8.76. The lowest BCUT2D eigenvalue weighted by atomic mass is 9.99. The van der Waals surface area contributed by atoms with Gasteiger partial charge in [-0.25, -0.2) is 19.9 Å². The summed E-state index contributed by atoms with van der Waals surface area (Å²) in [5.41, 5.74) is 9.76. The summed E-state index contributed by atoms with van der Waals surface area (Å²) in [6, 6.07) is 57.7. The van der Waals surface area contributed by atoms with Crippen molar-refractivity contribution in [1.29, 1.82) is 0 Å². The standard InChI is InChI=1S/C44H28N4O/c1-4-11-29(12-5-1)30-19-22-33(23-20-30)42-46-41(32-13-6-2-7-14-32)47-43(48-42)37-18-10-17-35(27-37)36-24-21-31-25-26-39-40(38(31)28-36)49-44(45-39)34-15-8-3-9-16-34/h1-28H. The summed E-state index contributed by atoms with van der Waals surface area (Å²) in [6.45, 7) is 0. The summed E-state index contributed by atoms with van der Waals surface area (Å²) in [7, 11) is 0. The van der Waals surface area contributed by atoms with E-state index < -0.39 is 0 Å². The fourth-order valence-corrected chi connectivity index (χ4v) is 6.22. The molecule has 0 saturated heterocycles. The van der Waals surface area contributed by atoms with Crippen LogP contribution in [0.3, 0.4) is 0 Å². The van der Waals surface area contributed by atoms with Crippen LogP contribution in [0.25, 0.3) is 89.7 Å². The molecule has 0 spiro atoms. The average molecular weight is 629 g/mol. The van der Waals surface area contributed by atoms with Crippen LogP contribution >= 0.6 is 0 Å². The molecule has 0 atom stereocenters. The van der Waals surface area contributed by atoms with Crippen molar-refractivity contribution in [2.45, 2.75) is 0 Å². The van der Waals surface area contributed by atoms with E-state index in [0.29, 0.717) is 23.4 Å². The molecule has 0 bridgehead atoms. The second-order valence-corrected chi connectivity index (χ2v) is 11.9. The van der Waals surface area contributed by atoms with E-state index in [0.717, 1.165) is 60.8 Å². The molecule has 0 amide bonds. The molecule has 0 saturated carbocycles. The molecule has 7 aromatic carbocycles.